The van der Waals surface area contributed by atoms with Crippen molar-refractivity contribution in [3.05, 3.63) is 88.9 Å². The first kappa shape index (κ1) is 19.9. The molecule has 29 heavy (non-hydrogen) atoms. The van der Waals surface area contributed by atoms with Gasteiger partial charge in [0.2, 0.25) is 0 Å². The van der Waals surface area contributed by atoms with Crippen molar-refractivity contribution in [1.82, 2.24) is 0 Å². The van der Waals surface area contributed by atoms with Crippen molar-refractivity contribution >= 4 is 23.5 Å². The van der Waals surface area contributed by atoms with Gasteiger partial charge < -0.3 is 19.2 Å². The molecule has 3 aromatic rings. The summed E-state index contributed by atoms with van der Waals surface area (Å²) >= 11 is 0. The van der Waals surface area contributed by atoms with E-state index in [1.54, 1.807) is 54.6 Å². The number of rotatable bonds is 6. The molecule has 0 aliphatic heterocycles. The van der Waals surface area contributed by atoms with Crippen LogP contribution < -0.4 is 5.32 Å². The van der Waals surface area contributed by atoms with Crippen LogP contribution in [-0.2, 0) is 16.1 Å². The lowest BCUT2D eigenvalue weighted by molar-refractivity contribution is 0.0472. The Morgan fingerprint density at radius 3 is 2.48 bits per heavy atom. The van der Waals surface area contributed by atoms with Gasteiger partial charge in [0, 0.05) is 5.69 Å². The molecule has 7 nitrogen and oxygen atoms in total. The molecule has 0 bridgehead atoms. The van der Waals surface area contributed by atoms with E-state index in [0.717, 1.165) is 5.56 Å². The van der Waals surface area contributed by atoms with Gasteiger partial charge in [-0.3, -0.25) is 4.79 Å². The molecule has 1 amide bonds. The highest BCUT2D eigenvalue weighted by molar-refractivity contribution is 6.03. The molecule has 3 rings (SSSR count). The van der Waals surface area contributed by atoms with Crippen LogP contribution in [0, 0.1) is 6.92 Å². The van der Waals surface area contributed by atoms with Gasteiger partial charge in [-0.25, -0.2) is 9.59 Å². The number of methoxy groups -OCH3 is 1. The zero-order valence-corrected chi connectivity index (χ0v) is 15.9. The zero-order chi connectivity index (χ0) is 20.8. The maximum absolute atomic E-state index is 12.4. The molecule has 1 aromatic heterocycles. The minimum Gasteiger partial charge on any atom is -0.465 e. The molecular weight excluding hydrogens is 374 g/mol. The lowest BCUT2D eigenvalue weighted by Crippen LogP contribution is -2.13. The van der Waals surface area contributed by atoms with E-state index in [0.29, 0.717) is 16.8 Å². The molecule has 0 saturated heterocycles. The monoisotopic (exact) mass is 393 g/mol. The smallest absolute Gasteiger partial charge is 0.338 e. The second-order valence-corrected chi connectivity index (χ2v) is 6.23. The first-order chi connectivity index (χ1) is 14.0. The fraction of sp³-hybridized carbons (Fsp3) is 0.136. The average molecular weight is 393 g/mol. The van der Waals surface area contributed by atoms with Gasteiger partial charge >= 0.3 is 11.9 Å². The van der Waals surface area contributed by atoms with E-state index in [4.69, 9.17) is 9.15 Å². The molecule has 0 aliphatic carbocycles. The molecular formula is C22H19NO6. The number of furan rings is 1. The summed E-state index contributed by atoms with van der Waals surface area (Å²) in [5, 5.41) is 2.72. The highest BCUT2D eigenvalue weighted by atomic mass is 16.5. The van der Waals surface area contributed by atoms with E-state index in [-0.39, 0.29) is 17.9 Å². The van der Waals surface area contributed by atoms with Gasteiger partial charge in [0.1, 0.15) is 6.61 Å². The Bertz CT molecular complexity index is 1040. The van der Waals surface area contributed by atoms with Gasteiger partial charge in [0.15, 0.2) is 5.76 Å². The summed E-state index contributed by atoms with van der Waals surface area (Å²) in [6.45, 7) is 1.80. The predicted octanol–water partition coefficient (Wildman–Crippen LogP) is 3.98. The van der Waals surface area contributed by atoms with Crippen LogP contribution >= 0.6 is 0 Å². The Kier molecular flexibility index (Phi) is 6.09. The summed E-state index contributed by atoms with van der Waals surface area (Å²) in [7, 11) is 1.30. The number of ether oxygens (including phenoxy) is 2. The minimum atomic E-state index is -0.554. The molecule has 0 spiro atoms. The number of anilines is 1. The first-order valence-electron chi connectivity index (χ1n) is 8.78. The standard InChI is InChI=1S/C22H19NO6/c1-14-8-9-17(12-18(14)23-20(24)19-7-4-10-28-19)22(26)29-13-15-5-3-6-16(11-15)21(25)27-2/h3-12H,13H2,1-2H3,(H,23,24). The van der Waals surface area contributed by atoms with Gasteiger partial charge in [-0.1, -0.05) is 18.2 Å². The van der Waals surface area contributed by atoms with Gasteiger partial charge in [-0.05, 0) is 54.4 Å². The van der Waals surface area contributed by atoms with E-state index in [1.165, 1.54) is 13.4 Å². The lowest BCUT2D eigenvalue weighted by atomic mass is 10.1. The molecule has 0 atom stereocenters. The highest BCUT2D eigenvalue weighted by Crippen LogP contribution is 2.19. The summed E-state index contributed by atoms with van der Waals surface area (Å²) in [4.78, 5) is 36.2. The number of amides is 1. The fourth-order valence-electron chi connectivity index (χ4n) is 2.61. The summed E-state index contributed by atoms with van der Waals surface area (Å²) in [6, 6.07) is 14.7. The first-order valence-corrected chi connectivity index (χ1v) is 8.78. The van der Waals surface area contributed by atoms with Crippen molar-refractivity contribution in [2.75, 3.05) is 12.4 Å². The molecule has 0 aliphatic rings. The third-order valence-electron chi connectivity index (χ3n) is 4.18. The Hall–Kier alpha value is -3.87. The largest absolute Gasteiger partial charge is 0.465 e. The van der Waals surface area contributed by atoms with Gasteiger partial charge in [-0.15, -0.1) is 0 Å². The normalized spacial score (nSPS) is 10.3. The molecule has 0 saturated carbocycles. The van der Waals surface area contributed by atoms with E-state index < -0.39 is 17.8 Å². The van der Waals surface area contributed by atoms with Crippen LogP contribution in [0.25, 0.3) is 0 Å². The molecule has 148 valence electrons. The number of carbonyl (C=O) groups excluding carboxylic acids is 3. The summed E-state index contributed by atoms with van der Waals surface area (Å²) < 4.78 is 15.1. The lowest BCUT2D eigenvalue weighted by Gasteiger charge is -2.10. The van der Waals surface area contributed by atoms with Crippen LogP contribution in [0.15, 0.2) is 65.3 Å². The maximum Gasteiger partial charge on any atom is 0.338 e. The molecule has 1 N–H and O–H groups in total. The van der Waals surface area contributed by atoms with Crippen LogP contribution in [0.3, 0.4) is 0 Å². The highest BCUT2D eigenvalue weighted by Gasteiger charge is 2.14. The third kappa shape index (κ3) is 4.90. The second-order valence-electron chi connectivity index (χ2n) is 6.23. The van der Waals surface area contributed by atoms with Crippen LogP contribution in [0.2, 0.25) is 0 Å². The Morgan fingerprint density at radius 2 is 1.76 bits per heavy atom. The molecule has 0 fully saturated rings. The zero-order valence-electron chi connectivity index (χ0n) is 15.9. The minimum absolute atomic E-state index is 0.00830. The number of esters is 2. The number of nitrogens with one attached hydrogen (secondary N) is 1. The number of benzene rings is 2. The van der Waals surface area contributed by atoms with Crippen LogP contribution in [0.1, 0.15) is 42.4 Å². The Balaban J connectivity index is 1.68. The number of carbonyl (C=O) groups is 3. The van der Waals surface area contributed by atoms with Crippen molar-refractivity contribution in [3.63, 3.8) is 0 Å². The van der Waals surface area contributed by atoms with Crippen molar-refractivity contribution < 1.29 is 28.3 Å². The SMILES string of the molecule is COC(=O)c1cccc(COC(=O)c2ccc(C)c(NC(=O)c3ccco3)c2)c1. The van der Waals surface area contributed by atoms with Gasteiger partial charge in [0.05, 0.1) is 24.5 Å². The average Bonchev–Trinajstić information content (AvgIpc) is 3.28. The van der Waals surface area contributed by atoms with E-state index >= 15 is 0 Å². The Morgan fingerprint density at radius 1 is 0.966 bits per heavy atom. The van der Waals surface area contributed by atoms with Crippen molar-refractivity contribution in [1.29, 1.82) is 0 Å². The van der Waals surface area contributed by atoms with Crippen LogP contribution in [0.5, 0.6) is 0 Å². The molecule has 1 heterocycles. The summed E-state index contributed by atoms with van der Waals surface area (Å²) in [5.74, 6) is -1.26. The summed E-state index contributed by atoms with van der Waals surface area (Å²) in [5.41, 5.74) is 2.58. The van der Waals surface area contributed by atoms with Crippen molar-refractivity contribution in [2.45, 2.75) is 13.5 Å². The predicted molar refractivity (Wildman–Crippen MR) is 105 cm³/mol. The van der Waals surface area contributed by atoms with Crippen LogP contribution in [0.4, 0.5) is 5.69 Å². The van der Waals surface area contributed by atoms with Crippen molar-refractivity contribution in [3.8, 4) is 0 Å². The number of aryl methyl sites for hydroxylation is 1. The van der Waals surface area contributed by atoms with Gasteiger partial charge in [-0.2, -0.15) is 0 Å². The van der Waals surface area contributed by atoms with E-state index in [9.17, 15) is 14.4 Å². The second kappa shape index (κ2) is 8.88. The van der Waals surface area contributed by atoms with Gasteiger partial charge in [0.25, 0.3) is 5.91 Å². The van der Waals surface area contributed by atoms with E-state index in [1.807, 2.05) is 6.92 Å². The maximum atomic E-state index is 12.4. The molecule has 2 aromatic carbocycles. The quantitative estimate of drug-likeness (QED) is 0.637. The summed E-state index contributed by atoms with van der Waals surface area (Å²) in [6.07, 6.45) is 1.41. The fourth-order valence-corrected chi connectivity index (χ4v) is 2.61. The topological polar surface area (TPSA) is 94.8 Å². The molecule has 0 unspecified atom stereocenters. The molecule has 0 radical (unpaired) electrons. The molecule has 7 heteroatoms. The number of hydrogen-bond acceptors (Lipinski definition) is 6. The van der Waals surface area contributed by atoms with Crippen molar-refractivity contribution in [2.24, 2.45) is 0 Å². The van der Waals surface area contributed by atoms with Crippen LogP contribution in [-0.4, -0.2) is 25.0 Å². The number of hydrogen-bond donors (Lipinski definition) is 1. The van der Waals surface area contributed by atoms with E-state index in [2.05, 4.69) is 10.1 Å². The Labute approximate surface area is 167 Å². The third-order valence-corrected chi connectivity index (χ3v) is 4.18.